The van der Waals surface area contributed by atoms with Crippen LogP contribution in [0.25, 0.3) is 0 Å². The van der Waals surface area contributed by atoms with E-state index in [4.69, 9.17) is 21.4 Å². The van der Waals surface area contributed by atoms with Crippen molar-refractivity contribution in [3.8, 4) is 0 Å². The number of hydrogen-bond acceptors (Lipinski definition) is 5. The number of furan rings is 1. The molecular formula is C27H31N3O3S. The molecule has 0 amide bonds. The van der Waals surface area contributed by atoms with Crippen LogP contribution in [0.2, 0.25) is 0 Å². The molecule has 3 aromatic rings. The molecule has 0 spiro atoms. The lowest BCUT2D eigenvalue weighted by Crippen LogP contribution is -2.43. The molecule has 0 radical (unpaired) electrons. The van der Waals surface area contributed by atoms with Crippen molar-refractivity contribution in [2.75, 3.05) is 39.8 Å². The molecule has 1 saturated heterocycles. The lowest BCUT2D eigenvalue weighted by Gasteiger charge is -2.27. The molecule has 0 unspecified atom stereocenters. The summed E-state index contributed by atoms with van der Waals surface area (Å²) in [6.07, 6.45) is 1.01. The van der Waals surface area contributed by atoms with Gasteiger partial charge in [0.15, 0.2) is 5.11 Å². The van der Waals surface area contributed by atoms with Crippen LogP contribution in [0.15, 0.2) is 77.2 Å². The fraction of sp³-hybridized carbons (Fsp3) is 0.333. The van der Waals surface area contributed by atoms with E-state index in [-0.39, 0.29) is 11.7 Å². The number of nitrogens with one attached hydrogen (secondary N) is 1. The fourth-order valence-electron chi connectivity index (χ4n) is 4.33. The summed E-state index contributed by atoms with van der Waals surface area (Å²) in [5.74, 6) is 0.787. The number of benzene rings is 2. The molecule has 4 rings (SSSR count). The first-order chi connectivity index (χ1) is 16.6. The molecule has 6 nitrogen and oxygen atoms in total. The van der Waals surface area contributed by atoms with E-state index < -0.39 is 5.97 Å². The van der Waals surface area contributed by atoms with Gasteiger partial charge in [0, 0.05) is 38.6 Å². The van der Waals surface area contributed by atoms with E-state index in [2.05, 4.69) is 63.6 Å². The van der Waals surface area contributed by atoms with Crippen molar-refractivity contribution in [2.45, 2.75) is 18.9 Å². The van der Waals surface area contributed by atoms with Crippen LogP contribution in [0.3, 0.4) is 0 Å². The van der Waals surface area contributed by atoms with Gasteiger partial charge in [-0.1, -0.05) is 60.7 Å². The molecule has 2 heterocycles. The van der Waals surface area contributed by atoms with Crippen LogP contribution in [0.1, 0.15) is 39.8 Å². The number of nitrogens with zero attached hydrogens (tertiary/aromatic N) is 2. The third-order valence-corrected chi connectivity index (χ3v) is 6.57. The van der Waals surface area contributed by atoms with Crippen LogP contribution in [-0.2, 0) is 11.3 Å². The van der Waals surface area contributed by atoms with Gasteiger partial charge in [-0.15, -0.1) is 0 Å². The molecule has 1 fully saturated rings. The molecule has 178 valence electrons. The van der Waals surface area contributed by atoms with Crippen molar-refractivity contribution in [1.29, 1.82) is 0 Å². The zero-order chi connectivity index (χ0) is 23.8. The second kappa shape index (κ2) is 11.8. The third kappa shape index (κ3) is 6.24. The number of carbonyl (C=O) groups is 1. The van der Waals surface area contributed by atoms with E-state index in [0.717, 1.165) is 50.0 Å². The van der Waals surface area contributed by atoms with E-state index in [1.54, 1.807) is 6.07 Å². The highest BCUT2D eigenvalue weighted by Gasteiger charge is 2.20. The third-order valence-electron chi connectivity index (χ3n) is 6.16. The van der Waals surface area contributed by atoms with E-state index in [1.165, 1.54) is 18.2 Å². The van der Waals surface area contributed by atoms with Gasteiger partial charge in [0.1, 0.15) is 5.76 Å². The van der Waals surface area contributed by atoms with Gasteiger partial charge >= 0.3 is 5.97 Å². The normalized spacial score (nSPS) is 14.6. The summed E-state index contributed by atoms with van der Waals surface area (Å²) < 4.78 is 10.4. The van der Waals surface area contributed by atoms with Gasteiger partial charge < -0.3 is 19.4 Å². The quantitative estimate of drug-likeness (QED) is 0.403. The molecular weight excluding hydrogens is 446 g/mol. The molecule has 1 aliphatic rings. The number of hydrogen-bond donors (Lipinski definition) is 1. The van der Waals surface area contributed by atoms with Crippen molar-refractivity contribution in [1.82, 2.24) is 15.1 Å². The van der Waals surface area contributed by atoms with Crippen LogP contribution in [-0.4, -0.2) is 60.7 Å². The Hall–Kier alpha value is -3.16. The number of thiocarbonyl (C=S) groups is 1. The molecule has 0 bridgehead atoms. The summed E-state index contributed by atoms with van der Waals surface area (Å²) in [5.41, 5.74) is 2.55. The maximum atomic E-state index is 11.6. The Kier molecular flexibility index (Phi) is 8.33. The Balaban J connectivity index is 1.32. The van der Waals surface area contributed by atoms with Crippen LogP contribution in [0.5, 0.6) is 0 Å². The predicted molar refractivity (Wildman–Crippen MR) is 137 cm³/mol. The standard InChI is InChI=1S/C27H31N3O3S/c1-32-26(31)25-14-13-23(33-25)20-29-15-8-16-30(18-17-29)27(34)28-19-24(21-9-4-2-5-10-21)22-11-6-3-7-12-22/h2-7,9-14,24H,8,15-20H2,1H3,(H,28,34). The maximum absolute atomic E-state index is 11.6. The van der Waals surface area contributed by atoms with Crippen molar-refractivity contribution in [2.24, 2.45) is 0 Å². The van der Waals surface area contributed by atoms with Crippen molar-refractivity contribution < 1.29 is 13.9 Å². The molecule has 1 N–H and O–H groups in total. The zero-order valence-corrected chi connectivity index (χ0v) is 20.3. The second-order valence-corrected chi connectivity index (χ2v) is 8.82. The van der Waals surface area contributed by atoms with Crippen molar-refractivity contribution in [3.63, 3.8) is 0 Å². The average Bonchev–Trinajstić information content (AvgIpc) is 3.22. The van der Waals surface area contributed by atoms with Gasteiger partial charge in [-0.05, 0) is 41.9 Å². The van der Waals surface area contributed by atoms with Crippen molar-refractivity contribution >= 4 is 23.3 Å². The van der Waals surface area contributed by atoms with Gasteiger partial charge in [0.05, 0.1) is 13.7 Å². The zero-order valence-electron chi connectivity index (χ0n) is 19.5. The lowest BCUT2D eigenvalue weighted by atomic mass is 9.91. The minimum Gasteiger partial charge on any atom is -0.463 e. The Bertz CT molecular complexity index is 1030. The van der Waals surface area contributed by atoms with Crippen LogP contribution in [0, 0.1) is 0 Å². The smallest absolute Gasteiger partial charge is 0.373 e. The number of rotatable bonds is 7. The number of ether oxygens (including phenoxy) is 1. The van der Waals surface area contributed by atoms with Gasteiger partial charge in [0.2, 0.25) is 5.76 Å². The summed E-state index contributed by atoms with van der Waals surface area (Å²) in [4.78, 5) is 16.2. The van der Waals surface area contributed by atoms with Gasteiger partial charge in [-0.25, -0.2) is 4.79 Å². The molecule has 2 aromatic carbocycles. The minimum absolute atomic E-state index is 0.229. The highest BCUT2D eigenvalue weighted by atomic mass is 32.1. The largest absolute Gasteiger partial charge is 0.463 e. The van der Waals surface area contributed by atoms with Crippen molar-refractivity contribution in [3.05, 3.63) is 95.4 Å². The van der Waals surface area contributed by atoms with E-state index in [1.807, 2.05) is 18.2 Å². The molecule has 7 heteroatoms. The van der Waals surface area contributed by atoms with Gasteiger partial charge in [-0.3, -0.25) is 4.90 Å². The number of esters is 1. The topological polar surface area (TPSA) is 58.0 Å². The number of methoxy groups -OCH3 is 1. The molecule has 1 aromatic heterocycles. The molecule has 0 saturated carbocycles. The SMILES string of the molecule is COC(=O)c1ccc(CN2CCCN(C(=S)NCC(c3ccccc3)c3ccccc3)CC2)o1. The minimum atomic E-state index is -0.450. The van der Waals surface area contributed by atoms with E-state index in [0.29, 0.717) is 6.54 Å². The monoisotopic (exact) mass is 477 g/mol. The molecule has 0 atom stereocenters. The Labute approximate surface area is 206 Å². The first-order valence-electron chi connectivity index (χ1n) is 11.7. The Morgan fingerprint density at radius 1 is 0.971 bits per heavy atom. The Morgan fingerprint density at radius 2 is 1.65 bits per heavy atom. The van der Waals surface area contributed by atoms with Gasteiger partial charge in [-0.2, -0.15) is 0 Å². The first kappa shape index (κ1) is 24.0. The van der Waals surface area contributed by atoms with Gasteiger partial charge in [0.25, 0.3) is 0 Å². The maximum Gasteiger partial charge on any atom is 0.373 e. The van der Waals surface area contributed by atoms with Crippen LogP contribution in [0.4, 0.5) is 0 Å². The predicted octanol–water partition coefficient (Wildman–Crippen LogP) is 4.28. The second-order valence-electron chi connectivity index (χ2n) is 8.43. The van der Waals surface area contributed by atoms with E-state index in [9.17, 15) is 4.79 Å². The van der Waals surface area contributed by atoms with Crippen LogP contribution < -0.4 is 5.32 Å². The van der Waals surface area contributed by atoms with Crippen LogP contribution >= 0.6 is 12.2 Å². The van der Waals surface area contributed by atoms with E-state index >= 15 is 0 Å². The summed E-state index contributed by atoms with van der Waals surface area (Å²) in [7, 11) is 1.35. The summed E-state index contributed by atoms with van der Waals surface area (Å²) in [6, 6.07) is 24.6. The Morgan fingerprint density at radius 3 is 2.29 bits per heavy atom. The molecule has 0 aliphatic carbocycles. The molecule has 34 heavy (non-hydrogen) atoms. The fourth-order valence-corrected chi connectivity index (χ4v) is 4.59. The highest BCUT2D eigenvalue weighted by Crippen LogP contribution is 2.24. The molecule has 1 aliphatic heterocycles. The summed E-state index contributed by atoms with van der Waals surface area (Å²) in [6.45, 7) is 4.98. The summed E-state index contributed by atoms with van der Waals surface area (Å²) >= 11 is 5.79. The summed E-state index contributed by atoms with van der Waals surface area (Å²) in [5, 5.41) is 4.33. The number of carbonyl (C=O) groups excluding carboxylic acids is 1. The lowest BCUT2D eigenvalue weighted by molar-refractivity contribution is 0.0561. The average molecular weight is 478 g/mol. The highest BCUT2D eigenvalue weighted by molar-refractivity contribution is 7.80. The first-order valence-corrected chi connectivity index (χ1v) is 12.1.